The molecule has 0 aromatic carbocycles. The van der Waals surface area contributed by atoms with Gasteiger partial charge in [-0.05, 0) is 32.9 Å². The van der Waals surface area contributed by atoms with E-state index in [-0.39, 0.29) is 24.8 Å². The molecule has 11 heavy (non-hydrogen) atoms. The fourth-order valence-corrected chi connectivity index (χ4v) is 1.33. The van der Waals surface area contributed by atoms with Crippen LogP contribution in [0.25, 0.3) is 0 Å². The molecule has 4 heteroatoms. The lowest BCUT2D eigenvalue weighted by atomic mass is 10.3. The second-order valence-corrected chi connectivity index (χ2v) is 2.83. The van der Waals surface area contributed by atoms with Crippen molar-refractivity contribution in [3.05, 3.63) is 0 Å². The Labute approximate surface area is 81.3 Å². The number of likely N-dealkylation sites (tertiary alicyclic amines) is 1. The van der Waals surface area contributed by atoms with Crippen LogP contribution in [0.1, 0.15) is 19.8 Å². The van der Waals surface area contributed by atoms with E-state index in [0.29, 0.717) is 6.04 Å². The summed E-state index contributed by atoms with van der Waals surface area (Å²) in [5.41, 5.74) is 5.51. The van der Waals surface area contributed by atoms with Crippen molar-refractivity contribution in [2.45, 2.75) is 25.8 Å². The van der Waals surface area contributed by atoms with Gasteiger partial charge >= 0.3 is 0 Å². The van der Waals surface area contributed by atoms with Crippen molar-refractivity contribution in [2.75, 3.05) is 19.6 Å². The Hall–Kier alpha value is 0.500. The normalized spacial score (nSPS) is 20.2. The van der Waals surface area contributed by atoms with Crippen molar-refractivity contribution in [3.8, 4) is 0 Å². The summed E-state index contributed by atoms with van der Waals surface area (Å²) in [7, 11) is 0. The van der Waals surface area contributed by atoms with Gasteiger partial charge in [0.1, 0.15) is 0 Å². The van der Waals surface area contributed by atoms with Crippen molar-refractivity contribution in [3.63, 3.8) is 0 Å². The third-order valence-electron chi connectivity index (χ3n) is 2.11. The van der Waals surface area contributed by atoms with E-state index in [2.05, 4.69) is 11.8 Å². The number of hydrogen-bond donors (Lipinski definition) is 1. The topological polar surface area (TPSA) is 29.3 Å². The summed E-state index contributed by atoms with van der Waals surface area (Å²) in [6.07, 6.45) is 2.73. The summed E-state index contributed by atoms with van der Waals surface area (Å²) in [5.74, 6) is 0. The lowest BCUT2D eigenvalue weighted by molar-refractivity contribution is 0.264. The lowest BCUT2D eigenvalue weighted by Crippen LogP contribution is -2.35. The molecule has 1 rings (SSSR count). The Morgan fingerprint density at radius 2 is 1.73 bits per heavy atom. The van der Waals surface area contributed by atoms with Crippen molar-refractivity contribution >= 4 is 24.8 Å². The quantitative estimate of drug-likeness (QED) is 0.729. The Morgan fingerprint density at radius 1 is 1.27 bits per heavy atom. The molecule has 70 valence electrons. The molecule has 0 aromatic heterocycles. The molecule has 1 aliphatic rings. The summed E-state index contributed by atoms with van der Waals surface area (Å²) >= 11 is 0. The van der Waals surface area contributed by atoms with E-state index < -0.39 is 0 Å². The first-order valence-electron chi connectivity index (χ1n) is 3.78. The molecule has 1 aliphatic heterocycles. The predicted molar refractivity (Wildman–Crippen MR) is 53.8 cm³/mol. The van der Waals surface area contributed by atoms with E-state index in [4.69, 9.17) is 5.73 Å². The first-order valence-corrected chi connectivity index (χ1v) is 3.78. The van der Waals surface area contributed by atoms with Crippen LogP contribution < -0.4 is 5.73 Å². The van der Waals surface area contributed by atoms with Gasteiger partial charge in [0.2, 0.25) is 0 Å². The fourth-order valence-electron chi connectivity index (χ4n) is 1.33. The molecule has 1 fully saturated rings. The minimum atomic E-state index is 0. The highest BCUT2D eigenvalue weighted by Crippen LogP contribution is 2.09. The highest BCUT2D eigenvalue weighted by atomic mass is 35.5. The van der Waals surface area contributed by atoms with E-state index in [1.807, 2.05) is 0 Å². The van der Waals surface area contributed by atoms with Crippen LogP contribution in [0.15, 0.2) is 0 Å². The molecule has 0 radical (unpaired) electrons. The summed E-state index contributed by atoms with van der Waals surface area (Å²) in [6, 6.07) is 0.604. The number of nitrogens with zero attached hydrogens (tertiary/aromatic N) is 1. The van der Waals surface area contributed by atoms with Crippen molar-refractivity contribution in [1.29, 1.82) is 0 Å². The Balaban J connectivity index is 0. The van der Waals surface area contributed by atoms with Gasteiger partial charge in [0.15, 0.2) is 0 Å². The van der Waals surface area contributed by atoms with Crippen molar-refractivity contribution in [1.82, 2.24) is 4.90 Å². The van der Waals surface area contributed by atoms with Crippen LogP contribution in [0.3, 0.4) is 0 Å². The first kappa shape index (κ1) is 14.0. The summed E-state index contributed by atoms with van der Waals surface area (Å²) < 4.78 is 0. The second-order valence-electron chi connectivity index (χ2n) is 2.83. The van der Waals surface area contributed by atoms with Crippen molar-refractivity contribution in [2.24, 2.45) is 5.73 Å². The molecule has 0 aliphatic carbocycles. The molecule has 1 heterocycles. The number of halogens is 2. The zero-order valence-corrected chi connectivity index (χ0v) is 8.59. The Bertz CT molecular complexity index is 84.5. The Morgan fingerprint density at radius 3 is 2.09 bits per heavy atom. The summed E-state index contributed by atoms with van der Waals surface area (Å²) in [5, 5.41) is 0. The second kappa shape index (κ2) is 7.17. The van der Waals surface area contributed by atoms with Crippen molar-refractivity contribution < 1.29 is 0 Å². The minimum Gasteiger partial charge on any atom is -0.329 e. The number of rotatable bonds is 2. The number of nitrogens with two attached hydrogens (primary N) is 1. The fraction of sp³-hybridized carbons (Fsp3) is 1.00. The van der Waals surface area contributed by atoms with E-state index in [1.54, 1.807) is 0 Å². The van der Waals surface area contributed by atoms with E-state index >= 15 is 0 Å². The molecular formula is C7H18Cl2N2. The molecular weight excluding hydrogens is 183 g/mol. The molecule has 0 unspecified atom stereocenters. The minimum absolute atomic E-state index is 0. The van der Waals surface area contributed by atoms with Gasteiger partial charge in [-0.15, -0.1) is 24.8 Å². The van der Waals surface area contributed by atoms with Gasteiger partial charge < -0.3 is 5.73 Å². The van der Waals surface area contributed by atoms with Crippen LogP contribution in [0.4, 0.5) is 0 Å². The maximum Gasteiger partial charge on any atom is 0.0190 e. The molecule has 0 bridgehead atoms. The van der Waals surface area contributed by atoms with Crippen LogP contribution in [0.2, 0.25) is 0 Å². The Kier molecular flexibility index (Phi) is 9.15. The molecule has 0 amide bonds. The van der Waals surface area contributed by atoms with Crippen LogP contribution in [-0.2, 0) is 0 Å². The monoisotopic (exact) mass is 200 g/mol. The van der Waals surface area contributed by atoms with Crippen LogP contribution in [0.5, 0.6) is 0 Å². The summed E-state index contributed by atoms with van der Waals surface area (Å²) in [6.45, 7) is 5.53. The van der Waals surface area contributed by atoms with E-state index in [9.17, 15) is 0 Å². The zero-order chi connectivity index (χ0) is 6.69. The summed E-state index contributed by atoms with van der Waals surface area (Å²) in [4.78, 5) is 2.46. The maximum atomic E-state index is 5.51. The third-order valence-corrected chi connectivity index (χ3v) is 2.11. The standard InChI is InChI=1S/C7H16N2.2ClH/c1-7(6-8)9-4-2-3-5-9;;/h7H,2-6,8H2,1H3;2*1H/t7-;;/m1../s1. The molecule has 0 spiro atoms. The smallest absolute Gasteiger partial charge is 0.0190 e. The van der Waals surface area contributed by atoms with Gasteiger partial charge in [-0.25, -0.2) is 0 Å². The average Bonchev–Trinajstić information content (AvgIpc) is 2.37. The van der Waals surface area contributed by atoms with Gasteiger partial charge in [-0.3, -0.25) is 4.90 Å². The van der Waals surface area contributed by atoms with Gasteiger partial charge in [0.25, 0.3) is 0 Å². The predicted octanol–water partition coefficient (Wildman–Crippen LogP) is 1.27. The highest BCUT2D eigenvalue weighted by molar-refractivity contribution is 5.85. The lowest BCUT2D eigenvalue weighted by Gasteiger charge is -2.21. The number of hydrogen-bond acceptors (Lipinski definition) is 2. The van der Waals surface area contributed by atoms with E-state index in [1.165, 1.54) is 25.9 Å². The maximum absolute atomic E-state index is 5.51. The molecule has 0 aromatic rings. The third kappa shape index (κ3) is 4.16. The van der Waals surface area contributed by atoms with Gasteiger partial charge in [0, 0.05) is 12.6 Å². The first-order chi connectivity index (χ1) is 4.34. The molecule has 0 saturated carbocycles. The van der Waals surface area contributed by atoms with Crippen LogP contribution in [-0.4, -0.2) is 30.6 Å². The van der Waals surface area contributed by atoms with Gasteiger partial charge in [-0.2, -0.15) is 0 Å². The van der Waals surface area contributed by atoms with Crippen LogP contribution >= 0.6 is 24.8 Å². The molecule has 2 nitrogen and oxygen atoms in total. The van der Waals surface area contributed by atoms with Crippen LogP contribution in [0, 0.1) is 0 Å². The zero-order valence-electron chi connectivity index (χ0n) is 6.95. The highest BCUT2D eigenvalue weighted by Gasteiger charge is 2.15. The average molecular weight is 201 g/mol. The molecule has 1 atom stereocenters. The largest absolute Gasteiger partial charge is 0.329 e. The van der Waals surface area contributed by atoms with Gasteiger partial charge in [0.05, 0.1) is 0 Å². The van der Waals surface area contributed by atoms with E-state index in [0.717, 1.165) is 6.54 Å². The molecule has 2 N–H and O–H groups in total. The SMILES string of the molecule is C[C@H](CN)N1CCCC1.Cl.Cl. The van der Waals surface area contributed by atoms with Gasteiger partial charge in [-0.1, -0.05) is 0 Å². The molecule has 1 saturated heterocycles.